The van der Waals surface area contributed by atoms with Crippen molar-refractivity contribution in [3.8, 4) is 6.07 Å². The summed E-state index contributed by atoms with van der Waals surface area (Å²) >= 11 is 1.39. The molecule has 2 atom stereocenters. The van der Waals surface area contributed by atoms with Crippen LogP contribution in [0.2, 0.25) is 0 Å². The first-order valence-corrected chi connectivity index (χ1v) is 5.12. The molecule has 0 aliphatic heterocycles. The number of hydrogen-bond acceptors (Lipinski definition) is 4. The molecule has 1 aliphatic carbocycles. The molecule has 1 aromatic rings. The van der Waals surface area contributed by atoms with Crippen LogP contribution in [0.3, 0.4) is 0 Å². The normalized spacial score (nSPS) is 25.3. The van der Waals surface area contributed by atoms with Gasteiger partial charge >= 0.3 is 0 Å². The fourth-order valence-corrected chi connectivity index (χ4v) is 2.10. The van der Waals surface area contributed by atoms with Gasteiger partial charge in [-0.3, -0.25) is 0 Å². The molecule has 0 bridgehead atoms. The van der Waals surface area contributed by atoms with Gasteiger partial charge in [0.05, 0.1) is 5.69 Å². The zero-order valence-corrected chi connectivity index (χ0v) is 8.48. The molecule has 0 saturated heterocycles. The third-order valence-corrected chi connectivity index (χ3v) is 3.27. The van der Waals surface area contributed by atoms with Crippen molar-refractivity contribution in [2.24, 2.45) is 5.92 Å². The third-order valence-electron chi connectivity index (χ3n) is 2.40. The monoisotopic (exact) mass is 193 g/mol. The summed E-state index contributed by atoms with van der Waals surface area (Å²) < 4.78 is 4.15. The van der Waals surface area contributed by atoms with E-state index in [0.29, 0.717) is 11.6 Å². The molecule has 0 aromatic carbocycles. The highest BCUT2D eigenvalue weighted by Gasteiger charge is 2.33. The molecule has 2 unspecified atom stereocenters. The van der Waals surface area contributed by atoms with Gasteiger partial charge in [-0.05, 0) is 30.8 Å². The molecule has 1 aliphatic rings. The molecule has 0 spiro atoms. The summed E-state index contributed by atoms with van der Waals surface area (Å²) in [5.74, 6) is 0.744. The van der Waals surface area contributed by atoms with Crippen LogP contribution in [0, 0.1) is 24.2 Å². The number of nitrogens with one attached hydrogen (secondary N) is 1. The molecule has 4 heteroatoms. The molecule has 0 radical (unpaired) electrons. The zero-order valence-electron chi connectivity index (χ0n) is 7.66. The van der Waals surface area contributed by atoms with Crippen molar-refractivity contribution in [3.63, 3.8) is 0 Å². The largest absolute Gasteiger partial charge is 0.372 e. The Morgan fingerprint density at radius 2 is 2.38 bits per heavy atom. The van der Waals surface area contributed by atoms with Gasteiger partial charge in [-0.1, -0.05) is 6.92 Å². The van der Waals surface area contributed by atoms with Gasteiger partial charge in [-0.15, -0.1) is 0 Å². The van der Waals surface area contributed by atoms with E-state index in [9.17, 15) is 0 Å². The van der Waals surface area contributed by atoms with Crippen LogP contribution in [0.5, 0.6) is 0 Å². The molecule has 3 nitrogen and oxygen atoms in total. The second-order valence-electron chi connectivity index (χ2n) is 3.55. The average molecular weight is 193 g/mol. The van der Waals surface area contributed by atoms with E-state index in [1.165, 1.54) is 18.0 Å². The van der Waals surface area contributed by atoms with Crippen LogP contribution >= 0.6 is 11.5 Å². The van der Waals surface area contributed by atoms with Crippen LogP contribution in [0.1, 0.15) is 24.6 Å². The topological polar surface area (TPSA) is 48.7 Å². The second-order valence-corrected chi connectivity index (χ2v) is 4.32. The van der Waals surface area contributed by atoms with Crippen molar-refractivity contribution in [2.75, 3.05) is 5.32 Å². The number of aromatic nitrogens is 1. The summed E-state index contributed by atoms with van der Waals surface area (Å²) in [6.45, 7) is 4.08. The molecule has 1 heterocycles. The van der Waals surface area contributed by atoms with Crippen molar-refractivity contribution in [1.82, 2.24) is 4.37 Å². The minimum atomic E-state index is 0.562. The zero-order chi connectivity index (χ0) is 9.42. The van der Waals surface area contributed by atoms with E-state index < -0.39 is 0 Å². The highest BCUT2D eigenvalue weighted by Crippen LogP contribution is 2.35. The highest BCUT2D eigenvalue weighted by molar-refractivity contribution is 7.10. The van der Waals surface area contributed by atoms with Crippen molar-refractivity contribution >= 4 is 16.5 Å². The predicted molar refractivity (Wildman–Crippen MR) is 52.8 cm³/mol. The summed E-state index contributed by atoms with van der Waals surface area (Å²) in [7, 11) is 0. The molecular formula is C9H11N3S. The quantitative estimate of drug-likeness (QED) is 0.782. The fraction of sp³-hybridized carbons (Fsp3) is 0.556. The van der Waals surface area contributed by atoms with Crippen molar-refractivity contribution < 1.29 is 0 Å². The lowest BCUT2D eigenvalue weighted by atomic mass is 10.3. The molecule has 2 rings (SSSR count). The maximum atomic E-state index is 8.86. The first kappa shape index (κ1) is 8.52. The van der Waals surface area contributed by atoms with Crippen LogP contribution in [0.4, 0.5) is 5.00 Å². The summed E-state index contributed by atoms with van der Waals surface area (Å²) in [6, 6.07) is 2.74. The van der Waals surface area contributed by atoms with Gasteiger partial charge in [-0.2, -0.15) is 9.64 Å². The van der Waals surface area contributed by atoms with Crippen LogP contribution < -0.4 is 5.32 Å². The molecule has 1 aromatic heterocycles. The molecule has 1 saturated carbocycles. The highest BCUT2D eigenvalue weighted by atomic mass is 32.1. The summed E-state index contributed by atoms with van der Waals surface area (Å²) in [4.78, 5) is 0. The van der Waals surface area contributed by atoms with Crippen LogP contribution in [-0.4, -0.2) is 10.4 Å². The van der Waals surface area contributed by atoms with E-state index in [1.807, 2.05) is 6.92 Å². The lowest BCUT2D eigenvalue weighted by molar-refractivity contribution is 0.931. The number of anilines is 1. The van der Waals surface area contributed by atoms with E-state index in [0.717, 1.165) is 16.6 Å². The molecule has 1 N–H and O–H groups in total. The maximum Gasteiger partial charge on any atom is 0.127 e. The Bertz CT molecular complexity index is 363. The molecule has 68 valence electrons. The van der Waals surface area contributed by atoms with Gasteiger partial charge in [0, 0.05) is 6.04 Å². The molecular weight excluding hydrogens is 182 g/mol. The van der Waals surface area contributed by atoms with E-state index in [-0.39, 0.29) is 0 Å². The fourth-order valence-electron chi connectivity index (χ4n) is 1.29. The minimum Gasteiger partial charge on any atom is -0.372 e. The predicted octanol–water partition coefficient (Wildman–Crippen LogP) is 2.14. The summed E-state index contributed by atoms with van der Waals surface area (Å²) in [5.41, 5.74) is 1.55. The van der Waals surface area contributed by atoms with Gasteiger partial charge in [0.25, 0.3) is 0 Å². The van der Waals surface area contributed by atoms with E-state index in [2.05, 4.69) is 22.7 Å². The van der Waals surface area contributed by atoms with E-state index >= 15 is 0 Å². The Balaban J connectivity index is 2.16. The van der Waals surface area contributed by atoms with E-state index in [1.54, 1.807) is 0 Å². The number of aryl methyl sites for hydroxylation is 1. The van der Waals surface area contributed by atoms with Gasteiger partial charge in [0.1, 0.15) is 16.6 Å². The lowest BCUT2D eigenvalue weighted by Crippen LogP contribution is -2.02. The number of rotatable bonds is 2. The van der Waals surface area contributed by atoms with Crippen molar-refractivity contribution in [2.45, 2.75) is 26.3 Å². The lowest BCUT2D eigenvalue weighted by Gasteiger charge is -1.99. The van der Waals surface area contributed by atoms with Crippen molar-refractivity contribution in [1.29, 1.82) is 5.26 Å². The van der Waals surface area contributed by atoms with Crippen LogP contribution in [0.25, 0.3) is 0 Å². The number of hydrogen-bond donors (Lipinski definition) is 1. The summed E-state index contributed by atoms with van der Waals surface area (Å²) in [5, 5.41) is 13.1. The Labute approximate surface area is 81.6 Å². The van der Waals surface area contributed by atoms with Gasteiger partial charge < -0.3 is 5.32 Å². The average Bonchev–Trinajstić information content (AvgIpc) is 2.65. The first-order valence-electron chi connectivity index (χ1n) is 4.35. The Morgan fingerprint density at radius 1 is 1.69 bits per heavy atom. The molecule has 13 heavy (non-hydrogen) atoms. The van der Waals surface area contributed by atoms with Crippen molar-refractivity contribution in [3.05, 3.63) is 11.3 Å². The smallest absolute Gasteiger partial charge is 0.127 e. The molecule has 0 amide bonds. The van der Waals surface area contributed by atoms with Crippen LogP contribution in [-0.2, 0) is 0 Å². The first-order chi connectivity index (χ1) is 6.22. The van der Waals surface area contributed by atoms with E-state index in [4.69, 9.17) is 5.26 Å². The van der Waals surface area contributed by atoms with Gasteiger partial charge in [-0.25, -0.2) is 0 Å². The number of nitrogens with zero attached hydrogens (tertiary/aromatic N) is 2. The Morgan fingerprint density at radius 3 is 2.92 bits per heavy atom. The van der Waals surface area contributed by atoms with Gasteiger partial charge in [0.2, 0.25) is 0 Å². The Kier molecular flexibility index (Phi) is 1.97. The molecule has 1 fully saturated rings. The van der Waals surface area contributed by atoms with Crippen LogP contribution in [0.15, 0.2) is 0 Å². The second kappa shape index (κ2) is 3.00. The SMILES string of the molecule is Cc1nsc(NC2CC2C)c1C#N. The Hall–Kier alpha value is -1.08. The maximum absolute atomic E-state index is 8.86. The van der Waals surface area contributed by atoms with Gasteiger partial charge in [0.15, 0.2) is 0 Å². The summed E-state index contributed by atoms with van der Waals surface area (Å²) in [6.07, 6.45) is 1.21. The minimum absolute atomic E-state index is 0.562. The number of nitriles is 1. The third kappa shape index (κ3) is 1.52. The standard InChI is InChI=1S/C9H11N3S/c1-5-3-8(5)11-9-7(4-10)6(2)12-13-9/h5,8,11H,3H2,1-2H3.